The normalized spacial score (nSPS) is 39.9. The number of nitrogens with one attached hydrogen (secondary N) is 1. The summed E-state index contributed by atoms with van der Waals surface area (Å²) >= 11 is 3.97. The Morgan fingerprint density at radius 2 is 1.86 bits per heavy atom. The van der Waals surface area contributed by atoms with Crippen LogP contribution in [-0.4, -0.2) is 37.2 Å². The molecule has 4 bridgehead atoms. The van der Waals surface area contributed by atoms with Crippen LogP contribution in [0.2, 0.25) is 0 Å². The molecular formula is C16H26BrNO3S. The topological polar surface area (TPSA) is 63.2 Å². The van der Waals surface area contributed by atoms with Gasteiger partial charge in [-0.25, -0.2) is 8.42 Å². The van der Waals surface area contributed by atoms with Crippen molar-refractivity contribution in [1.82, 2.24) is 5.32 Å². The number of carbonyl (C=O) groups excluding carboxylic acids is 1. The van der Waals surface area contributed by atoms with Crippen molar-refractivity contribution in [3.63, 3.8) is 0 Å². The van der Waals surface area contributed by atoms with E-state index in [-0.39, 0.29) is 21.4 Å². The minimum Gasteiger partial charge on any atom is -0.356 e. The van der Waals surface area contributed by atoms with Gasteiger partial charge in [0.15, 0.2) is 0 Å². The van der Waals surface area contributed by atoms with Gasteiger partial charge in [-0.3, -0.25) is 4.79 Å². The van der Waals surface area contributed by atoms with Crippen molar-refractivity contribution < 1.29 is 13.2 Å². The van der Waals surface area contributed by atoms with E-state index in [0.717, 1.165) is 18.3 Å². The van der Waals surface area contributed by atoms with Crippen LogP contribution in [0.3, 0.4) is 0 Å². The lowest BCUT2D eigenvalue weighted by Gasteiger charge is -2.60. The summed E-state index contributed by atoms with van der Waals surface area (Å²) in [6, 6.07) is 0. The number of alkyl halides is 1. The maximum absolute atomic E-state index is 12.3. The number of hydrogen-bond donors (Lipinski definition) is 1. The summed E-state index contributed by atoms with van der Waals surface area (Å²) in [5.41, 5.74) is 0.189. The zero-order chi connectivity index (χ0) is 16.0. The Hall–Kier alpha value is -0.100. The molecule has 1 amide bonds. The van der Waals surface area contributed by atoms with E-state index in [1.54, 1.807) is 0 Å². The molecule has 4 rings (SSSR count). The molecule has 0 saturated heterocycles. The third kappa shape index (κ3) is 3.86. The Labute approximate surface area is 141 Å². The monoisotopic (exact) mass is 391 g/mol. The molecule has 2 atom stereocenters. The number of amides is 1. The van der Waals surface area contributed by atoms with Crippen LogP contribution in [0.5, 0.6) is 0 Å². The molecular weight excluding hydrogens is 366 g/mol. The van der Waals surface area contributed by atoms with Crippen molar-refractivity contribution >= 4 is 31.7 Å². The number of rotatable bonds is 6. The third-order valence-corrected chi connectivity index (χ3v) is 7.62. The standard InChI is InChI=1S/C16H26BrNO3S/c1-22(20,21)4-2-3-18-14(19)10-15-6-12-5-13(7-15)9-16(17,8-12)11-15/h12-13H,2-11H2,1H3,(H,18,19). The fraction of sp³-hybridized carbons (Fsp3) is 0.938. The maximum atomic E-state index is 12.3. The highest BCUT2D eigenvalue weighted by Crippen LogP contribution is 2.65. The number of hydrogen-bond acceptors (Lipinski definition) is 3. The first-order valence-electron chi connectivity index (χ1n) is 8.30. The van der Waals surface area contributed by atoms with Crippen LogP contribution >= 0.6 is 15.9 Å². The lowest BCUT2D eigenvalue weighted by Crippen LogP contribution is -2.54. The summed E-state index contributed by atoms with van der Waals surface area (Å²) in [6.45, 7) is 0.467. The quantitative estimate of drug-likeness (QED) is 0.559. The molecule has 22 heavy (non-hydrogen) atoms. The summed E-state index contributed by atoms with van der Waals surface area (Å²) in [5, 5.41) is 2.92. The van der Waals surface area contributed by atoms with Gasteiger partial charge < -0.3 is 5.32 Å². The van der Waals surface area contributed by atoms with Gasteiger partial charge in [0.1, 0.15) is 9.84 Å². The average Bonchev–Trinajstić information content (AvgIpc) is 2.29. The van der Waals surface area contributed by atoms with Crippen LogP contribution in [0.4, 0.5) is 0 Å². The largest absolute Gasteiger partial charge is 0.356 e. The Kier molecular flexibility index (Phi) is 4.39. The molecule has 0 radical (unpaired) electrons. The molecule has 4 aliphatic rings. The molecule has 0 aliphatic heterocycles. The van der Waals surface area contributed by atoms with Crippen molar-refractivity contribution in [3.05, 3.63) is 0 Å². The summed E-state index contributed by atoms with van der Waals surface area (Å²) < 4.78 is 22.5. The highest BCUT2D eigenvalue weighted by molar-refractivity contribution is 9.10. The molecule has 6 heteroatoms. The number of carbonyl (C=O) groups is 1. The van der Waals surface area contributed by atoms with Crippen LogP contribution in [0.1, 0.15) is 51.4 Å². The summed E-state index contributed by atoms with van der Waals surface area (Å²) in [5.74, 6) is 1.83. The second kappa shape index (κ2) is 5.76. The molecule has 2 unspecified atom stereocenters. The second-order valence-corrected chi connectivity index (χ2v) is 12.1. The zero-order valence-electron chi connectivity index (χ0n) is 13.2. The zero-order valence-corrected chi connectivity index (χ0v) is 15.6. The summed E-state index contributed by atoms with van der Waals surface area (Å²) in [7, 11) is -2.93. The van der Waals surface area contributed by atoms with E-state index >= 15 is 0 Å². The van der Waals surface area contributed by atoms with Crippen LogP contribution in [-0.2, 0) is 14.6 Å². The molecule has 0 aromatic heterocycles. The van der Waals surface area contributed by atoms with Gasteiger partial charge >= 0.3 is 0 Å². The van der Waals surface area contributed by atoms with E-state index in [1.807, 2.05) is 0 Å². The first-order chi connectivity index (χ1) is 10.2. The molecule has 0 aromatic carbocycles. The van der Waals surface area contributed by atoms with Gasteiger partial charge in [-0.1, -0.05) is 15.9 Å². The molecule has 0 spiro atoms. The van der Waals surface area contributed by atoms with Crippen LogP contribution < -0.4 is 5.32 Å². The molecule has 0 aromatic rings. The van der Waals surface area contributed by atoms with Gasteiger partial charge in [-0.15, -0.1) is 0 Å². The predicted molar refractivity (Wildman–Crippen MR) is 90.7 cm³/mol. The minimum absolute atomic E-state index is 0.103. The van der Waals surface area contributed by atoms with Gasteiger partial charge in [0.25, 0.3) is 0 Å². The lowest BCUT2D eigenvalue weighted by atomic mass is 9.48. The summed E-state index contributed by atoms with van der Waals surface area (Å²) in [6.07, 6.45) is 9.80. The molecule has 4 nitrogen and oxygen atoms in total. The molecule has 0 heterocycles. The van der Waals surface area contributed by atoms with Crippen LogP contribution in [0.25, 0.3) is 0 Å². The van der Waals surface area contributed by atoms with Gasteiger partial charge in [-0.05, 0) is 62.2 Å². The maximum Gasteiger partial charge on any atom is 0.220 e. The van der Waals surface area contributed by atoms with Crippen molar-refractivity contribution in [1.29, 1.82) is 0 Å². The lowest BCUT2D eigenvalue weighted by molar-refractivity contribution is -0.128. The fourth-order valence-corrected chi connectivity index (χ4v) is 7.69. The highest BCUT2D eigenvalue weighted by Gasteiger charge is 2.57. The van der Waals surface area contributed by atoms with Gasteiger partial charge in [0, 0.05) is 23.5 Å². The van der Waals surface area contributed by atoms with E-state index in [1.165, 1.54) is 38.4 Å². The van der Waals surface area contributed by atoms with Crippen molar-refractivity contribution in [3.8, 4) is 0 Å². The van der Waals surface area contributed by atoms with Crippen LogP contribution in [0.15, 0.2) is 0 Å². The number of sulfone groups is 1. The Morgan fingerprint density at radius 3 is 2.41 bits per heavy atom. The first kappa shape index (κ1) is 16.7. The molecule has 1 N–H and O–H groups in total. The minimum atomic E-state index is -2.93. The average molecular weight is 392 g/mol. The third-order valence-electron chi connectivity index (χ3n) is 5.66. The number of halogens is 1. The van der Waals surface area contributed by atoms with E-state index in [2.05, 4.69) is 21.2 Å². The van der Waals surface area contributed by atoms with E-state index < -0.39 is 9.84 Å². The van der Waals surface area contributed by atoms with Crippen molar-refractivity contribution in [2.24, 2.45) is 17.3 Å². The van der Waals surface area contributed by atoms with E-state index in [9.17, 15) is 13.2 Å². The van der Waals surface area contributed by atoms with Gasteiger partial charge in [0.05, 0.1) is 5.75 Å². The van der Waals surface area contributed by atoms with Crippen molar-refractivity contribution in [2.45, 2.75) is 55.7 Å². The van der Waals surface area contributed by atoms with Gasteiger partial charge in [-0.2, -0.15) is 0 Å². The summed E-state index contributed by atoms with van der Waals surface area (Å²) in [4.78, 5) is 12.3. The SMILES string of the molecule is CS(=O)(=O)CCCNC(=O)CC12CC3CC(CC(Br)(C3)C1)C2. The molecule has 4 saturated carbocycles. The van der Waals surface area contributed by atoms with E-state index in [4.69, 9.17) is 0 Å². The Morgan fingerprint density at radius 1 is 1.23 bits per heavy atom. The van der Waals surface area contributed by atoms with E-state index in [0.29, 0.717) is 19.4 Å². The predicted octanol–water partition coefficient (Wildman–Crippen LogP) is 2.66. The van der Waals surface area contributed by atoms with Crippen LogP contribution in [0, 0.1) is 17.3 Å². The van der Waals surface area contributed by atoms with Gasteiger partial charge in [0.2, 0.25) is 5.91 Å². The smallest absolute Gasteiger partial charge is 0.220 e. The molecule has 4 fully saturated rings. The second-order valence-electron chi connectivity index (χ2n) is 8.12. The highest BCUT2D eigenvalue weighted by atomic mass is 79.9. The molecule has 126 valence electrons. The fourth-order valence-electron chi connectivity index (χ4n) is 5.51. The first-order valence-corrected chi connectivity index (χ1v) is 11.2. The van der Waals surface area contributed by atoms with Crippen molar-refractivity contribution in [2.75, 3.05) is 18.6 Å². The molecule has 4 aliphatic carbocycles. The Bertz CT molecular complexity index is 546. The Balaban J connectivity index is 1.51.